The van der Waals surface area contributed by atoms with Gasteiger partial charge in [-0.3, -0.25) is 9.78 Å². The maximum atomic E-state index is 12.8. The van der Waals surface area contributed by atoms with Crippen LogP contribution in [0.5, 0.6) is 0 Å². The van der Waals surface area contributed by atoms with Crippen LogP contribution in [-0.4, -0.2) is 25.7 Å². The van der Waals surface area contributed by atoms with Crippen LogP contribution in [-0.2, 0) is 17.8 Å². The molecule has 132 valence electrons. The highest BCUT2D eigenvalue weighted by Crippen LogP contribution is 2.26. The number of aromatic nitrogens is 4. The zero-order chi connectivity index (χ0) is 17.9. The van der Waals surface area contributed by atoms with Gasteiger partial charge in [0.1, 0.15) is 11.6 Å². The second-order valence-corrected chi connectivity index (χ2v) is 6.39. The Hall–Kier alpha value is -3.22. The quantitative estimate of drug-likeness (QED) is 0.757. The molecule has 0 bridgehead atoms. The van der Waals surface area contributed by atoms with Crippen LogP contribution in [0, 0.1) is 12.8 Å². The SMILES string of the molecule is Cc1nc2n(n1)CC(C(=O)Nc1cnccc1Nc1ccccc1)CC2. The topological polar surface area (TPSA) is 84.7 Å². The molecule has 0 saturated carbocycles. The van der Waals surface area contributed by atoms with E-state index >= 15 is 0 Å². The van der Waals surface area contributed by atoms with Gasteiger partial charge in [-0.25, -0.2) is 9.67 Å². The van der Waals surface area contributed by atoms with Crippen LogP contribution < -0.4 is 10.6 Å². The second kappa shape index (κ2) is 6.95. The molecule has 1 aromatic carbocycles. The number of carbonyl (C=O) groups excluding carboxylic acids is 1. The Morgan fingerprint density at radius 3 is 2.88 bits per heavy atom. The zero-order valence-corrected chi connectivity index (χ0v) is 14.5. The number of rotatable bonds is 4. The molecule has 0 radical (unpaired) electrons. The first-order valence-corrected chi connectivity index (χ1v) is 8.66. The third kappa shape index (κ3) is 3.42. The van der Waals surface area contributed by atoms with Gasteiger partial charge in [0.25, 0.3) is 0 Å². The number of para-hydroxylation sites is 1. The van der Waals surface area contributed by atoms with E-state index in [1.165, 1.54) is 0 Å². The maximum absolute atomic E-state index is 12.8. The molecule has 0 fully saturated rings. The number of hydrogen-bond donors (Lipinski definition) is 2. The molecule has 26 heavy (non-hydrogen) atoms. The summed E-state index contributed by atoms with van der Waals surface area (Å²) in [5.74, 6) is 1.56. The van der Waals surface area contributed by atoms with Crippen molar-refractivity contribution in [3.8, 4) is 0 Å². The van der Waals surface area contributed by atoms with Gasteiger partial charge in [0.05, 0.1) is 30.0 Å². The third-order valence-electron chi connectivity index (χ3n) is 4.47. The lowest BCUT2D eigenvalue weighted by atomic mass is 9.99. The molecule has 3 heterocycles. The Balaban J connectivity index is 1.48. The number of benzene rings is 1. The predicted molar refractivity (Wildman–Crippen MR) is 99.2 cm³/mol. The molecular weight excluding hydrogens is 328 g/mol. The van der Waals surface area contributed by atoms with Gasteiger partial charge in [0.15, 0.2) is 0 Å². The fourth-order valence-corrected chi connectivity index (χ4v) is 3.16. The number of nitrogens with one attached hydrogen (secondary N) is 2. The number of pyridine rings is 1. The van der Waals surface area contributed by atoms with E-state index in [0.717, 1.165) is 35.9 Å². The van der Waals surface area contributed by atoms with Crippen LogP contribution in [0.4, 0.5) is 17.1 Å². The van der Waals surface area contributed by atoms with E-state index in [9.17, 15) is 4.79 Å². The number of carbonyl (C=O) groups is 1. The van der Waals surface area contributed by atoms with E-state index in [0.29, 0.717) is 12.2 Å². The van der Waals surface area contributed by atoms with Gasteiger partial charge in [-0.15, -0.1) is 0 Å². The van der Waals surface area contributed by atoms with Crippen LogP contribution in [0.25, 0.3) is 0 Å². The standard InChI is InChI=1S/C19H20N6O/c1-13-21-18-8-7-14(12-25(18)24-13)19(26)23-17-11-20-10-9-16(17)22-15-5-3-2-4-6-15/h2-6,9-11,14H,7-8,12H2,1H3,(H,20,22)(H,23,26). The molecule has 4 rings (SSSR count). The number of nitrogens with zero attached hydrogens (tertiary/aromatic N) is 4. The van der Waals surface area contributed by atoms with Gasteiger partial charge in [-0.2, -0.15) is 5.10 Å². The summed E-state index contributed by atoms with van der Waals surface area (Å²) in [4.78, 5) is 21.3. The van der Waals surface area contributed by atoms with E-state index in [1.54, 1.807) is 12.4 Å². The van der Waals surface area contributed by atoms with Crippen molar-refractivity contribution in [2.45, 2.75) is 26.3 Å². The highest BCUT2D eigenvalue weighted by atomic mass is 16.1. The van der Waals surface area contributed by atoms with Crippen LogP contribution in [0.2, 0.25) is 0 Å². The third-order valence-corrected chi connectivity index (χ3v) is 4.47. The number of amides is 1. The highest BCUT2D eigenvalue weighted by Gasteiger charge is 2.27. The second-order valence-electron chi connectivity index (χ2n) is 6.39. The average molecular weight is 348 g/mol. The normalized spacial score (nSPS) is 16.0. The summed E-state index contributed by atoms with van der Waals surface area (Å²) < 4.78 is 1.84. The molecule has 0 saturated heterocycles. The van der Waals surface area contributed by atoms with Crippen molar-refractivity contribution in [1.82, 2.24) is 19.7 Å². The fraction of sp³-hybridized carbons (Fsp3) is 0.263. The Morgan fingerprint density at radius 2 is 2.04 bits per heavy atom. The zero-order valence-electron chi connectivity index (χ0n) is 14.5. The summed E-state index contributed by atoms with van der Waals surface area (Å²) in [6.45, 7) is 2.43. The lowest BCUT2D eigenvalue weighted by Crippen LogP contribution is -2.32. The van der Waals surface area contributed by atoms with Crippen molar-refractivity contribution >= 4 is 23.0 Å². The molecule has 2 N–H and O–H groups in total. The minimum absolute atomic E-state index is 0.0204. The lowest BCUT2D eigenvalue weighted by molar-refractivity contribution is -0.120. The van der Waals surface area contributed by atoms with Crippen LogP contribution in [0.15, 0.2) is 48.8 Å². The van der Waals surface area contributed by atoms with E-state index in [2.05, 4.69) is 25.7 Å². The van der Waals surface area contributed by atoms with Crippen molar-refractivity contribution in [2.24, 2.45) is 5.92 Å². The Morgan fingerprint density at radius 1 is 1.19 bits per heavy atom. The number of aryl methyl sites for hydroxylation is 2. The van der Waals surface area contributed by atoms with Crippen molar-refractivity contribution < 1.29 is 4.79 Å². The van der Waals surface area contributed by atoms with Crippen LogP contribution >= 0.6 is 0 Å². The summed E-state index contributed by atoms with van der Waals surface area (Å²) >= 11 is 0. The number of anilines is 3. The molecule has 0 aliphatic carbocycles. The molecular formula is C19H20N6O. The molecule has 7 nitrogen and oxygen atoms in total. The molecule has 1 unspecified atom stereocenters. The first-order chi connectivity index (χ1) is 12.7. The summed E-state index contributed by atoms with van der Waals surface area (Å²) in [6, 6.07) is 11.7. The van der Waals surface area contributed by atoms with Gasteiger partial charge in [-0.1, -0.05) is 18.2 Å². The maximum Gasteiger partial charge on any atom is 0.229 e. The number of hydrogen-bond acceptors (Lipinski definition) is 5. The van der Waals surface area contributed by atoms with Gasteiger partial charge in [-0.05, 0) is 31.5 Å². The summed E-state index contributed by atoms with van der Waals surface area (Å²) in [5, 5.41) is 10.7. The van der Waals surface area contributed by atoms with Crippen molar-refractivity contribution in [3.05, 3.63) is 60.4 Å². The smallest absolute Gasteiger partial charge is 0.229 e. The van der Waals surface area contributed by atoms with E-state index in [1.807, 2.05) is 48.0 Å². The van der Waals surface area contributed by atoms with Gasteiger partial charge in [0, 0.05) is 18.3 Å². The van der Waals surface area contributed by atoms with Crippen molar-refractivity contribution in [2.75, 3.05) is 10.6 Å². The summed E-state index contributed by atoms with van der Waals surface area (Å²) in [7, 11) is 0. The van der Waals surface area contributed by atoms with E-state index in [-0.39, 0.29) is 11.8 Å². The fourth-order valence-electron chi connectivity index (χ4n) is 3.16. The monoisotopic (exact) mass is 348 g/mol. The van der Waals surface area contributed by atoms with Gasteiger partial charge < -0.3 is 10.6 Å². The Bertz CT molecular complexity index is 921. The van der Waals surface area contributed by atoms with Crippen molar-refractivity contribution in [3.63, 3.8) is 0 Å². The molecule has 1 aliphatic rings. The minimum Gasteiger partial charge on any atom is -0.354 e. The first-order valence-electron chi connectivity index (χ1n) is 8.66. The largest absolute Gasteiger partial charge is 0.354 e. The molecule has 7 heteroatoms. The molecule has 1 amide bonds. The van der Waals surface area contributed by atoms with Crippen LogP contribution in [0.1, 0.15) is 18.1 Å². The van der Waals surface area contributed by atoms with Gasteiger partial charge in [0.2, 0.25) is 5.91 Å². The molecule has 1 aliphatic heterocycles. The number of fused-ring (bicyclic) bond motifs is 1. The minimum atomic E-state index is -0.131. The molecule has 3 aromatic rings. The van der Waals surface area contributed by atoms with Crippen molar-refractivity contribution in [1.29, 1.82) is 0 Å². The molecule has 0 spiro atoms. The van der Waals surface area contributed by atoms with Gasteiger partial charge >= 0.3 is 0 Å². The van der Waals surface area contributed by atoms with Crippen LogP contribution in [0.3, 0.4) is 0 Å². The summed E-state index contributed by atoms with van der Waals surface area (Å²) in [6.07, 6.45) is 4.90. The average Bonchev–Trinajstić information content (AvgIpc) is 3.03. The highest BCUT2D eigenvalue weighted by molar-refractivity contribution is 5.96. The lowest BCUT2D eigenvalue weighted by Gasteiger charge is -2.22. The summed E-state index contributed by atoms with van der Waals surface area (Å²) in [5.41, 5.74) is 2.43. The Kier molecular flexibility index (Phi) is 4.35. The molecule has 1 atom stereocenters. The van der Waals surface area contributed by atoms with E-state index < -0.39 is 0 Å². The predicted octanol–water partition coefficient (Wildman–Crippen LogP) is 2.93. The Labute approximate surface area is 151 Å². The molecule has 2 aromatic heterocycles. The van der Waals surface area contributed by atoms with E-state index in [4.69, 9.17) is 0 Å². The first kappa shape index (κ1) is 16.3.